The molecule has 18 heavy (non-hydrogen) atoms. The number of methoxy groups -OCH3 is 1. The van der Waals surface area contributed by atoms with Gasteiger partial charge in [0.25, 0.3) is 5.91 Å². The molecule has 2 unspecified atom stereocenters. The SMILES string of the molecule is COC(C)C(=O)N1CCCC(C(C)(C)C(=O)O)C1. The number of hydrogen-bond donors (Lipinski definition) is 1. The summed E-state index contributed by atoms with van der Waals surface area (Å²) in [6.45, 7) is 6.38. The van der Waals surface area contributed by atoms with Crippen LogP contribution in [0.1, 0.15) is 33.6 Å². The van der Waals surface area contributed by atoms with Crippen LogP contribution in [0.15, 0.2) is 0 Å². The molecule has 1 saturated heterocycles. The van der Waals surface area contributed by atoms with Crippen LogP contribution in [0.25, 0.3) is 0 Å². The number of rotatable bonds is 4. The van der Waals surface area contributed by atoms with E-state index in [1.165, 1.54) is 7.11 Å². The first-order valence-electron chi connectivity index (χ1n) is 6.35. The first-order chi connectivity index (χ1) is 8.30. The van der Waals surface area contributed by atoms with Gasteiger partial charge in [0.15, 0.2) is 0 Å². The highest BCUT2D eigenvalue weighted by Crippen LogP contribution is 2.34. The molecule has 1 aliphatic heterocycles. The van der Waals surface area contributed by atoms with E-state index in [1.807, 2.05) is 0 Å². The molecule has 0 radical (unpaired) electrons. The summed E-state index contributed by atoms with van der Waals surface area (Å²) in [5.74, 6) is -0.860. The Morgan fingerprint density at radius 3 is 2.56 bits per heavy atom. The van der Waals surface area contributed by atoms with E-state index in [-0.39, 0.29) is 11.8 Å². The maximum absolute atomic E-state index is 12.0. The molecule has 0 bridgehead atoms. The molecule has 104 valence electrons. The minimum absolute atomic E-state index is 0.00300. The van der Waals surface area contributed by atoms with Gasteiger partial charge in [0.05, 0.1) is 5.41 Å². The molecule has 1 rings (SSSR count). The summed E-state index contributed by atoms with van der Waals surface area (Å²) in [7, 11) is 1.51. The zero-order valence-electron chi connectivity index (χ0n) is 11.6. The van der Waals surface area contributed by atoms with Crippen LogP contribution in [0.5, 0.6) is 0 Å². The second kappa shape index (κ2) is 5.69. The third-order valence-corrected chi connectivity index (χ3v) is 4.01. The van der Waals surface area contributed by atoms with Crippen LogP contribution >= 0.6 is 0 Å². The van der Waals surface area contributed by atoms with E-state index in [0.717, 1.165) is 12.8 Å². The fourth-order valence-corrected chi connectivity index (χ4v) is 2.30. The Balaban J connectivity index is 2.73. The van der Waals surface area contributed by atoms with Crippen molar-refractivity contribution in [1.82, 2.24) is 4.90 Å². The normalized spacial score (nSPS) is 22.7. The second-order valence-electron chi connectivity index (χ2n) is 5.53. The number of carbonyl (C=O) groups excluding carboxylic acids is 1. The number of carbonyl (C=O) groups is 2. The van der Waals surface area contributed by atoms with Crippen LogP contribution < -0.4 is 0 Å². The first-order valence-corrected chi connectivity index (χ1v) is 6.35. The number of piperidine rings is 1. The fraction of sp³-hybridized carbons (Fsp3) is 0.846. The van der Waals surface area contributed by atoms with Crippen LogP contribution in [0.2, 0.25) is 0 Å². The van der Waals surface area contributed by atoms with Gasteiger partial charge in [-0.15, -0.1) is 0 Å². The number of carboxylic acids is 1. The summed E-state index contributed by atoms with van der Waals surface area (Å²) in [4.78, 5) is 25.0. The molecular weight excluding hydrogens is 234 g/mol. The van der Waals surface area contributed by atoms with Crippen LogP contribution in [0.4, 0.5) is 0 Å². The lowest BCUT2D eigenvalue weighted by molar-refractivity contribution is -0.154. The smallest absolute Gasteiger partial charge is 0.309 e. The van der Waals surface area contributed by atoms with E-state index < -0.39 is 17.5 Å². The molecule has 0 aromatic rings. The summed E-state index contributed by atoms with van der Waals surface area (Å²) >= 11 is 0. The van der Waals surface area contributed by atoms with Gasteiger partial charge >= 0.3 is 5.97 Å². The number of ether oxygens (including phenoxy) is 1. The fourth-order valence-electron chi connectivity index (χ4n) is 2.30. The molecule has 0 spiro atoms. The standard InChI is InChI=1S/C13H23NO4/c1-9(18-4)11(15)14-7-5-6-10(8-14)13(2,3)12(16)17/h9-10H,5-8H2,1-4H3,(H,16,17). The van der Waals surface area contributed by atoms with Crippen molar-refractivity contribution in [1.29, 1.82) is 0 Å². The molecule has 1 fully saturated rings. The number of carboxylic acid groups (broad SMARTS) is 1. The molecule has 0 saturated carbocycles. The number of nitrogens with zero attached hydrogens (tertiary/aromatic N) is 1. The van der Waals surface area contributed by atoms with Gasteiger partial charge in [-0.05, 0) is 39.5 Å². The van der Waals surface area contributed by atoms with Crippen LogP contribution in [-0.4, -0.2) is 48.2 Å². The predicted molar refractivity (Wildman–Crippen MR) is 67.2 cm³/mol. The van der Waals surface area contributed by atoms with Crippen molar-refractivity contribution in [2.24, 2.45) is 11.3 Å². The first kappa shape index (κ1) is 15.0. The van der Waals surface area contributed by atoms with Gasteiger partial charge in [0, 0.05) is 20.2 Å². The van der Waals surface area contributed by atoms with Gasteiger partial charge in [-0.3, -0.25) is 9.59 Å². The molecule has 1 aliphatic rings. The number of aliphatic carboxylic acids is 1. The van der Waals surface area contributed by atoms with E-state index in [0.29, 0.717) is 13.1 Å². The van der Waals surface area contributed by atoms with E-state index >= 15 is 0 Å². The summed E-state index contributed by atoms with van der Waals surface area (Å²) < 4.78 is 5.03. The Bertz CT molecular complexity index is 327. The quantitative estimate of drug-likeness (QED) is 0.826. The number of amides is 1. The lowest BCUT2D eigenvalue weighted by Gasteiger charge is -2.39. The Morgan fingerprint density at radius 2 is 2.06 bits per heavy atom. The monoisotopic (exact) mass is 257 g/mol. The van der Waals surface area contributed by atoms with Gasteiger partial charge < -0.3 is 14.7 Å². The molecule has 1 N–H and O–H groups in total. The maximum atomic E-state index is 12.0. The van der Waals surface area contributed by atoms with Crippen LogP contribution in [-0.2, 0) is 14.3 Å². The van der Waals surface area contributed by atoms with Gasteiger partial charge in [-0.25, -0.2) is 0 Å². The predicted octanol–water partition coefficient (Wildman–Crippen LogP) is 1.37. The lowest BCUT2D eigenvalue weighted by Crippen LogP contribution is -2.49. The molecule has 5 heteroatoms. The van der Waals surface area contributed by atoms with E-state index in [1.54, 1.807) is 25.7 Å². The molecule has 0 aromatic carbocycles. The van der Waals surface area contributed by atoms with E-state index in [2.05, 4.69) is 0 Å². The minimum atomic E-state index is -0.804. The molecule has 5 nitrogen and oxygen atoms in total. The zero-order valence-corrected chi connectivity index (χ0v) is 11.6. The zero-order chi connectivity index (χ0) is 13.9. The van der Waals surface area contributed by atoms with E-state index in [4.69, 9.17) is 4.74 Å². The van der Waals surface area contributed by atoms with Crippen molar-refractivity contribution in [3.8, 4) is 0 Å². The average Bonchev–Trinajstić information content (AvgIpc) is 2.36. The molecule has 0 aromatic heterocycles. The van der Waals surface area contributed by atoms with Crippen LogP contribution in [0, 0.1) is 11.3 Å². The van der Waals surface area contributed by atoms with Gasteiger partial charge in [-0.2, -0.15) is 0 Å². The molecule has 1 heterocycles. The van der Waals surface area contributed by atoms with Crippen molar-refractivity contribution in [3.63, 3.8) is 0 Å². The topological polar surface area (TPSA) is 66.8 Å². The van der Waals surface area contributed by atoms with Crippen molar-refractivity contribution in [2.45, 2.75) is 39.7 Å². The Labute approximate surface area is 108 Å². The van der Waals surface area contributed by atoms with Crippen molar-refractivity contribution in [2.75, 3.05) is 20.2 Å². The Kier molecular flexibility index (Phi) is 4.73. The van der Waals surface area contributed by atoms with Crippen molar-refractivity contribution >= 4 is 11.9 Å². The summed E-state index contributed by atoms with van der Waals surface area (Å²) in [5.41, 5.74) is -0.796. The average molecular weight is 257 g/mol. The highest BCUT2D eigenvalue weighted by atomic mass is 16.5. The van der Waals surface area contributed by atoms with Crippen molar-refractivity contribution < 1.29 is 19.4 Å². The Hall–Kier alpha value is -1.10. The van der Waals surface area contributed by atoms with Gasteiger partial charge in [0.2, 0.25) is 0 Å². The Morgan fingerprint density at radius 1 is 1.44 bits per heavy atom. The highest BCUT2D eigenvalue weighted by Gasteiger charge is 2.40. The summed E-state index contributed by atoms with van der Waals surface area (Å²) in [5, 5.41) is 9.25. The highest BCUT2D eigenvalue weighted by molar-refractivity contribution is 5.81. The minimum Gasteiger partial charge on any atom is -0.481 e. The van der Waals surface area contributed by atoms with Gasteiger partial charge in [0.1, 0.15) is 6.10 Å². The summed E-state index contributed by atoms with van der Waals surface area (Å²) in [6.07, 6.45) is 1.24. The number of likely N-dealkylation sites (tertiary alicyclic amines) is 1. The largest absolute Gasteiger partial charge is 0.481 e. The molecule has 2 atom stereocenters. The molecular formula is C13H23NO4. The van der Waals surface area contributed by atoms with Crippen molar-refractivity contribution in [3.05, 3.63) is 0 Å². The van der Waals surface area contributed by atoms with Crippen LogP contribution in [0.3, 0.4) is 0 Å². The maximum Gasteiger partial charge on any atom is 0.309 e. The second-order valence-corrected chi connectivity index (χ2v) is 5.53. The molecule has 0 aliphatic carbocycles. The van der Waals surface area contributed by atoms with E-state index in [9.17, 15) is 14.7 Å². The van der Waals surface area contributed by atoms with Gasteiger partial charge in [-0.1, -0.05) is 0 Å². The number of hydrogen-bond acceptors (Lipinski definition) is 3. The lowest BCUT2D eigenvalue weighted by atomic mass is 9.74. The third kappa shape index (κ3) is 3.02. The third-order valence-electron chi connectivity index (χ3n) is 4.01. The summed E-state index contributed by atoms with van der Waals surface area (Å²) in [6, 6.07) is 0. The molecule has 1 amide bonds.